The van der Waals surface area contributed by atoms with Gasteiger partial charge in [-0.1, -0.05) is 61.7 Å². The van der Waals surface area contributed by atoms with Crippen LogP contribution in [0, 0.1) is 11.2 Å². The highest BCUT2D eigenvalue weighted by Gasteiger charge is 2.51. The van der Waals surface area contributed by atoms with Crippen molar-refractivity contribution in [2.45, 2.75) is 44.6 Å². The van der Waals surface area contributed by atoms with Gasteiger partial charge in [0.2, 0.25) is 11.8 Å². The number of halogens is 1. The van der Waals surface area contributed by atoms with E-state index in [2.05, 4.69) is 0 Å². The Bertz CT molecular complexity index is 876. The molecule has 0 radical (unpaired) electrons. The molecule has 1 unspecified atom stereocenters. The van der Waals surface area contributed by atoms with Gasteiger partial charge in [-0.2, -0.15) is 0 Å². The summed E-state index contributed by atoms with van der Waals surface area (Å²) in [7, 11) is 1.91. The second-order valence-electron chi connectivity index (χ2n) is 8.41. The third kappa shape index (κ3) is 3.84. The first-order chi connectivity index (χ1) is 14.0. The SMILES string of the molecule is CN(CN1C(=O)CC2(CCCCC2)C1=O)C(c1ccccc1)c1ccc(F)cc1. The van der Waals surface area contributed by atoms with Crippen LogP contribution in [0.3, 0.4) is 0 Å². The smallest absolute Gasteiger partial charge is 0.237 e. The van der Waals surface area contributed by atoms with E-state index in [-0.39, 0.29) is 30.3 Å². The van der Waals surface area contributed by atoms with Crippen LogP contribution >= 0.6 is 0 Å². The predicted octanol–water partition coefficient (Wildman–Crippen LogP) is 4.51. The van der Waals surface area contributed by atoms with Crippen LogP contribution in [0.25, 0.3) is 0 Å². The zero-order valence-corrected chi connectivity index (χ0v) is 16.8. The van der Waals surface area contributed by atoms with E-state index >= 15 is 0 Å². The maximum Gasteiger partial charge on any atom is 0.237 e. The number of likely N-dealkylation sites (tertiary alicyclic amines) is 1. The highest BCUT2D eigenvalue weighted by atomic mass is 19.1. The van der Waals surface area contributed by atoms with Gasteiger partial charge < -0.3 is 0 Å². The first-order valence-electron chi connectivity index (χ1n) is 10.4. The first-order valence-corrected chi connectivity index (χ1v) is 10.4. The van der Waals surface area contributed by atoms with Gasteiger partial charge in [0.25, 0.3) is 0 Å². The molecule has 2 fully saturated rings. The molecule has 0 aromatic heterocycles. The van der Waals surface area contributed by atoms with Gasteiger partial charge in [0.1, 0.15) is 5.82 Å². The molecule has 2 aliphatic rings. The molecule has 152 valence electrons. The van der Waals surface area contributed by atoms with Crippen molar-refractivity contribution >= 4 is 11.8 Å². The molecule has 4 nitrogen and oxygen atoms in total. The Morgan fingerprint density at radius 2 is 1.59 bits per heavy atom. The molecule has 2 aromatic rings. The zero-order chi connectivity index (χ0) is 20.4. The number of imide groups is 1. The molecular formula is C24H27FN2O2. The van der Waals surface area contributed by atoms with Crippen LogP contribution in [0.1, 0.15) is 55.7 Å². The van der Waals surface area contributed by atoms with E-state index in [0.29, 0.717) is 6.42 Å². The number of carbonyl (C=O) groups is 2. The number of nitrogens with zero attached hydrogens (tertiary/aromatic N) is 2. The first kappa shape index (κ1) is 19.8. The van der Waals surface area contributed by atoms with E-state index in [9.17, 15) is 14.0 Å². The highest BCUT2D eigenvalue weighted by Crippen LogP contribution is 2.45. The standard InChI is InChI=1S/C24H27FN2O2/c1-26(17-27-21(28)16-24(23(27)29)14-6-3-7-15-24)22(18-8-4-2-5-9-18)19-10-12-20(25)13-11-19/h2,4-5,8-13,22H,3,6-7,14-17H2,1H3. The van der Waals surface area contributed by atoms with Crippen molar-refractivity contribution in [2.24, 2.45) is 5.41 Å². The number of benzene rings is 2. The molecule has 4 rings (SSSR count). The number of rotatable bonds is 5. The normalized spacial score (nSPS) is 19.9. The Kier molecular flexibility index (Phi) is 5.50. The van der Waals surface area contributed by atoms with Crippen LogP contribution in [0.2, 0.25) is 0 Å². The van der Waals surface area contributed by atoms with Crippen LogP contribution < -0.4 is 0 Å². The largest absolute Gasteiger partial charge is 0.277 e. The fourth-order valence-electron chi connectivity index (χ4n) is 4.91. The summed E-state index contributed by atoms with van der Waals surface area (Å²) in [5.41, 5.74) is 1.48. The average molecular weight is 394 g/mol. The predicted molar refractivity (Wildman–Crippen MR) is 109 cm³/mol. The van der Waals surface area contributed by atoms with Gasteiger partial charge in [-0.3, -0.25) is 19.4 Å². The van der Waals surface area contributed by atoms with E-state index in [1.54, 1.807) is 12.1 Å². The lowest BCUT2D eigenvalue weighted by Crippen LogP contribution is -2.43. The van der Waals surface area contributed by atoms with Crippen molar-refractivity contribution < 1.29 is 14.0 Å². The van der Waals surface area contributed by atoms with Crippen LogP contribution in [0.4, 0.5) is 4.39 Å². The van der Waals surface area contributed by atoms with Crippen molar-refractivity contribution in [1.29, 1.82) is 0 Å². The summed E-state index contributed by atoms with van der Waals surface area (Å²) in [5.74, 6) is -0.373. The van der Waals surface area contributed by atoms with Crippen LogP contribution in [-0.4, -0.2) is 35.3 Å². The summed E-state index contributed by atoms with van der Waals surface area (Å²) in [6.45, 7) is 0.232. The molecule has 1 saturated heterocycles. The molecular weight excluding hydrogens is 367 g/mol. The summed E-state index contributed by atoms with van der Waals surface area (Å²) in [5, 5.41) is 0. The molecule has 1 heterocycles. The van der Waals surface area contributed by atoms with E-state index in [1.165, 1.54) is 17.0 Å². The fraction of sp³-hybridized carbons (Fsp3) is 0.417. The van der Waals surface area contributed by atoms with Crippen molar-refractivity contribution in [3.05, 3.63) is 71.5 Å². The van der Waals surface area contributed by atoms with E-state index in [1.807, 2.05) is 42.3 Å². The number of carbonyl (C=O) groups excluding carboxylic acids is 2. The maximum absolute atomic E-state index is 13.5. The van der Waals surface area contributed by atoms with Crippen LogP contribution in [0.15, 0.2) is 54.6 Å². The zero-order valence-electron chi connectivity index (χ0n) is 16.8. The number of amides is 2. The van der Waals surface area contributed by atoms with Gasteiger partial charge in [-0.15, -0.1) is 0 Å². The monoisotopic (exact) mass is 394 g/mol. The summed E-state index contributed by atoms with van der Waals surface area (Å²) < 4.78 is 13.5. The highest BCUT2D eigenvalue weighted by molar-refractivity contribution is 6.05. The Morgan fingerprint density at radius 3 is 2.24 bits per heavy atom. The minimum atomic E-state index is -0.478. The molecule has 1 aliphatic heterocycles. The van der Waals surface area contributed by atoms with Gasteiger partial charge >= 0.3 is 0 Å². The van der Waals surface area contributed by atoms with Gasteiger partial charge in [-0.05, 0) is 43.1 Å². The molecule has 0 bridgehead atoms. The van der Waals surface area contributed by atoms with Crippen molar-refractivity contribution in [1.82, 2.24) is 9.80 Å². The van der Waals surface area contributed by atoms with Gasteiger partial charge in [0.05, 0.1) is 18.1 Å². The van der Waals surface area contributed by atoms with Crippen LogP contribution in [-0.2, 0) is 9.59 Å². The topological polar surface area (TPSA) is 40.6 Å². The van der Waals surface area contributed by atoms with Gasteiger partial charge in [0.15, 0.2) is 0 Å². The number of hydrogen-bond acceptors (Lipinski definition) is 3. The maximum atomic E-state index is 13.5. The molecule has 5 heteroatoms. The lowest BCUT2D eigenvalue weighted by molar-refractivity contribution is -0.144. The van der Waals surface area contributed by atoms with E-state index < -0.39 is 5.41 Å². The summed E-state index contributed by atoms with van der Waals surface area (Å²) in [4.78, 5) is 29.4. The summed E-state index contributed by atoms with van der Waals surface area (Å²) in [6, 6.07) is 16.1. The Labute approximate surface area is 171 Å². The van der Waals surface area contributed by atoms with Crippen molar-refractivity contribution in [3.63, 3.8) is 0 Å². The second-order valence-corrected chi connectivity index (χ2v) is 8.41. The summed E-state index contributed by atoms with van der Waals surface area (Å²) in [6.07, 6.45) is 5.15. The molecule has 0 N–H and O–H groups in total. The minimum Gasteiger partial charge on any atom is -0.277 e. The fourth-order valence-corrected chi connectivity index (χ4v) is 4.91. The lowest BCUT2D eigenvalue weighted by atomic mass is 9.73. The van der Waals surface area contributed by atoms with E-state index in [4.69, 9.17) is 0 Å². The minimum absolute atomic E-state index is 0.0139. The molecule has 2 aromatic carbocycles. The molecule has 2 amide bonds. The third-order valence-electron chi connectivity index (χ3n) is 6.41. The summed E-state index contributed by atoms with van der Waals surface area (Å²) >= 11 is 0. The van der Waals surface area contributed by atoms with Crippen molar-refractivity contribution in [2.75, 3.05) is 13.7 Å². The Hall–Kier alpha value is -2.53. The lowest BCUT2D eigenvalue weighted by Gasteiger charge is -2.34. The molecule has 1 saturated carbocycles. The molecule has 29 heavy (non-hydrogen) atoms. The molecule has 1 aliphatic carbocycles. The van der Waals surface area contributed by atoms with Gasteiger partial charge in [0, 0.05) is 6.42 Å². The number of hydrogen-bond donors (Lipinski definition) is 0. The average Bonchev–Trinajstić information content (AvgIpc) is 2.95. The second kappa shape index (κ2) is 8.07. The Morgan fingerprint density at radius 1 is 0.966 bits per heavy atom. The molecule has 1 spiro atoms. The molecule has 1 atom stereocenters. The van der Waals surface area contributed by atoms with Gasteiger partial charge in [-0.25, -0.2) is 4.39 Å². The quantitative estimate of drug-likeness (QED) is 0.701. The van der Waals surface area contributed by atoms with Crippen LogP contribution in [0.5, 0.6) is 0 Å². The third-order valence-corrected chi connectivity index (χ3v) is 6.41. The Balaban J connectivity index is 1.60. The van der Waals surface area contributed by atoms with E-state index in [0.717, 1.165) is 43.2 Å². The van der Waals surface area contributed by atoms with Crippen molar-refractivity contribution in [3.8, 4) is 0 Å².